The van der Waals surface area contributed by atoms with E-state index < -0.39 is 0 Å². The fraction of sp³-hybridized carbons (Fsp3) is 0.419. The molecule has 0 saturated carbocycles. The summed E-state index contributed by atoms with van der Waals surface area (Å²) < 4.78 is 0. The molecule has 0 radical (unpaired) electrons. The average Bonchev–Trinajstić information content (AvgIpc) is 2.78. The number of hydrogen-bond donors (Lipinski definition) is 2. The number of phenols is 1. The fourth-order valence-electron chi connectivity index (χ4n) is 5.52. The highest BCUT2D eigenvalue weighted by Crippen LogP contribution is 2.37. The van der Waals surface area contributed by atoms with Crippen molar-refractivity contribution >= 4 is 5.57 Å². The zero-order chi connectivity index (χ0) is 26.2. The van der Waals surface area contributed by atoms with Gasteiger partial charge in [-0.3, -0.25) is 0 Å². The molecule has 0 bridgehead atoms. The maximum atomic E-state index is 10.8. The van der Waals surface area contributed by atoms with Crippen LogP contribution in [0.3, 0.4) is 0 Å². The Labute approximate surface area is 212 Å². The van der Waals surface area contributed by atoms with Gasteiger partial charge < -0.3 is 10.4 Å². The molecule has 0 atom stereocenters. The number of rotatable bonds is 6. The van der Waals surface area contributed by atoms with Gasteiger partial charge in [0.1, 0.15) is 5.75 Å². The van der Waals surface area contributed by atoms with Crippen molar-refractivity contribution in [2.45, 2.75) is 71.9 Å². The SMILES string of the molecule is C#C.CN=NC(/C=C(\C)c1ccc(-c2ccccc2)cc1O)=C(/C)CC1CC(C)(C)NC(C)(C)C1. The van der Waals surface area contributed by atoms with Crippen molar-refractivity contribution in [3.63, 3.8) is 0 Å². The summed E-state index contributed by atoms with van der Waals surface area (Å²) in [7, 11) is 1.71. The van der Waals surface area contributed by atoms with Crippen molar-refractivity contribution in [2.24, 2.45) is 16.1 Å². The zero-order valence-electron chi connectivity index (χ0n) is 22.4. The van der Waals surface area contributed by atoms with Crippen molar-refractivity contribution < 1.29 is 5.11 Å². The fourth-order valence-corrected chi connectivity index (χ4v) is 5.52. The molecule has 4 heteroatoms. The van der Waals surface area contributed by atoms with Gasteiger partial charge in [-0.05, 0) is 101 Å². The molecule has 4 nitrogen and oxygen atoms in total. The summed E-state index contributed by atoms with van der Waals surface area (Å²) in [6.07, 6.45) is 13.3. The Bertz CT molecular complexity index is 1090. The molecule has 2 aromatic carbocycles. The predicted octanol–water partition coefficient (Wildman–Crippen LogP) is 8.01. The number of benzene rings is 2. The van der Waals surface area contributed by atoms with Gasteiger partial charge in [0.15, 0.2) is 0 Å². The van der Waals surface area contributed by atoms with Crippen molar-refractivity contribution in [1.29, 1.82) is 0 Å². The molecule has 3 rings (SSSR count). The van der Waals surface area contributed by atoms with Crippen LogP contribution in [0.15, 0.2) is 76.1 Å². The van der Waals surface area contributed by atoms with Crippen molar-refractivity contribution in [2.75, 3.05) is 7.05 Å². The lowest BCUT2D eigenvalue weighted by Crippen LogP contribution is -2.57. The highest BCUT2D eigenvalue weighted by molar-refractivity contribution is 5.75. The monoisotopic (exact) mass is 471 g/mol. The zero-order valence-corrected chi connectivity index (χ0v) is 22.4. The lowest BCUT2D eigenvalue weighted by Gasteiger charge is -2.46. The van der Waals surface area contributed by atoms with Gasteiger partial charge in [-0.2, -0.15) is 10.2 Å². The molecule has 35 heavy (non-hydrogen) atoms. The molecule has 186 valence electrons. The minimum absolute atomic E-state index is 0.122. The van der Waals surface area contributed by atoms with E-state index in [1.807, 2.05) is 49.4 Å². The number of terminal acetylenes is 1. The largest absolute Gasteiger partial charge is 0.507 e. The molecule has 1 aliphatic heterocycles. The van der Waals surface area contributed by atoms with Crippen LogP contribution in [0.5, 0.6) is 5.75 Å². The first-order valence-corrected chi connectivity index (χ1v) is 12.2. The Hall–Kier alpha value is -3.16. The number of hydrogen-bond acceptors (Lipinski definition) is 4. The van der Waals surface area contributed by atoms with Crippen LogP contribution in [0.1, 0.15) is 66.4 Å². The molecule has 0 aromatic heterocycles. The molecule has 0 spiro atoms. The summed E-state index contributed by atoms with van der Waals surface area (Å²) in [4.78, 5) is 0. The first-order valence-electron chi connectivity index (χ1n) is 12.2. The van der Waals surface area contributed by atoms with Gasteiger partial charge in [-0.1, -0.05) is 42.5 Å². The Morgan fingerprint density at radius 3 is 2.14 bits per heavy atom. The highest BCUT2D eigenvalue weighted by Gasteiger charge is 2.37. The third-order valence-corrected chi connectivity index (χ3v) is 6.40. The van der Waals surface area contributed by atoms with Crippen LogP contribution in [-0.4, -0.2) is 23.2 Å². The lowest BCUT2D eigenvalue weighted by atomic mass is 9.73. The first-order chi connectivity index (χ1) is 16.5. The van der Waals surface area contributed by atoms with Gasteiger partial charge in [0.25, 0.3) is 0 Å². The van der Waals surface area contributed by atoms with E-state index in [2.05, 4.69) is 75.2 Å². The van der Waals surface area contributed by atoms with Gasteiger partial charge >= 0.3 is 0 Å². The van der Waals surface area contributed by atoms with E-state index >= 15 is 0 Å². The molecule has 0 amide bonds. The van der Waals surface area contributed by atoms with Crippen molar-refractivity contribution in [1.82, 2.24) is 5.32 Å². The van der Waals surface area contributed by atoms with E-state index in [-0.39, 0.29) is 16.8 Å². The van der Waals surface area contributed by atoms with E-state index in [1.165, 1.54) is 5.57 Å². The van der Waals surface area contributed by atoms with E-state index in [1.54, 1.807) is 7.05 Å². The summed E-state index contributed by atoms with van der Waals surface area (Å²) >= 11 is 0. The van der Waals surface area contributed by atoms with Crippen LogP contribution in [-0.2, 0) is 0 Å². The minimum Gasteiger partial charge on any atom is -0.507 e. The van der Waals surface area contributed by atoms with Gasteiger partial charge in [0.2, 0.25) is 0 Å². The molecule has 2 N–H and O–H groups in total. The predicted molar refractivity (Wildman–Crippen MR) is 149 cm³/mol. The molecule has 1 fully saturated rings. The van der Waals surface area contributed by atoms with Crippen molar-refractivity contribution in [3.8, 4) is 29.7 Å². The quantitative estimate of drug-likeness (QED) is 0.255. The van der Waals surface area contributed by atoms with Crippen LogP contribution in [0.25, 0.3) is 16.7 Å². The molecule has 0 unspecified atom stereocenters. The summed E-state index contributed by atoms with van der Waals surface area (Å²) in [6, 6.07) is 16.0. The molecule has 1 heterocycles. The van der Waals surface area contributed by atoms with Crippen molar-refractivity contribution in [3.05, 3.63) is 71.4 Å². The van der Waals surface area contributed by atoms with Gasteiger partial charge in [0.05, 0.1) is 5.70 Å². The Kier molecular flexibility index (Phi) is 9.63. The number of piperidine rings is 1. The Balaban J connectivity index is 0.00000210. The van der Waals surface area contributed by atoms with Crippen LogP contribution in [0.2, 0.25) is 0 Å². The molecule has 1 saturated heterocycles. The maximum absolute atomic E-state index is 10.8. The third kappa shape index (κ3) is 7.94. The van der Waals surface area contributed by atoms with E-state index in [9.17, 15) is 5.11 Å². The number of azo groups is 1. The highest BCUT2D eigenvalue weighted by atomic mass is 16.3. The van der Waals surface area contributed by atoms with E-state index in [0.29, 0.717) is 5.92 Å². The standard InChI is InChI=1S/C29H39N3O.C2H2/c1-20(25-14-13-24(17-27(25)33)23-11-9-8-10-12-23)16-26(31-30-7)21(2)15-22-18-28(3,4)32-29(5,6)19-22;1-2/h8-14,16-17,22,32-33H,15,18-19H2,1-7H3;1-2H/b20-16+,26-21-,31-30?;. The number of aromatic hydroxyl groups is 1. The van der Waals surface area contributed by atoms with E-state index in [4.69, 9.17) is 0 Å². The van der Waals surface area contributed by atoms with Gasteiger partial charge in [-0.25, -0.2) is 0 Å². The van der Waals surface area contributed by atoms with Gasteiger partial charge in [0, 0.05) is 23.7 Å². The first kappa shape index (κ1) is 28.1. The third-order valence-electron chi connectivity index (χ3n) is 6.40. The summed E-state index contributed by atoms with van der Waals surface area (Å²) in [5, 5.41) is 23.1. The normalized spacial score (nSPS) is 18.5. The maximum Gasteiger partial charge on any atom is 0.123 e. The molecular formula is C31H41N3O. The smallest absolute Gasteiger partial charge is 0.123 e. The van der Waals surface area contributed by atoms with Crippen LogP contribution in [0, 0.1) is 18.8 Å². The summed E-state index contributed by atoms with van der Waals surface area (Å²) in [5.41, 5.74) is 6.24. The molecule has 1 aliphatic rings. The minimum atomic E-state index is 0.122. The van der Waals surface area contributed by atoms with Crippen LogP contribution >= 0.6 is 0 Å². The number of nitrogens with one attached hydrogen (secondary N) is 1. The second-order valence-corrected chi connectivity index (χ2v) is 10.8. The lowest BCUT2D eigenvalue weighted by molar-refractivity contribution is 0.128. The topological polar surface area (TPSA) is 57.0 Å². The second kappa shape index (κ2) is 12.0. The molecule has 0 aliphatic carbocycles. The number of allylic oxidation sites excluding steroid dienone is 3. The summed E-state index contributed by atoms with van der Waals surface area (Å²) in [5.74, 6) is 0.864. The van der Waals surface area contributed by atoms with E-state index in [0.717, 1.165) is 47.2 Å². The summed E-state index contributed by atoms with van der Waals surface area (Å²) in [6.45, 7) is 13.3. The number of phenolic OH excluding ortho intramolecular Hbond substituents is 1. The average molecular weight is 472 g/mol. The Morgan fingerprint density at radius 2 is 1.60 bits per heavy atom. The van der Waals surface area contributed by atoms with Gasteiger partial charge in [-0.15, -0.1) is 12.8 Å². The second-order valence-electron chi connectivity index (χ2n) is 10.8. The Morgan fingerprint density at radius 1 is 1.00 bits per heavy atom. The molecular weight excluding hydrogens is 430 g/mol. The van der Waals surface area contributed by atoms with Crippen LogP contribution < -0.4 is 5.32 Å². The molecule has 2 aromatic rings. The van der Waals surface area contributed by atoms with Crippen LogP contribution in [0.4, 0.5) is 0 Å². The number of nitrogens with zero attached hydrogens (tertiary/aromatic N) is 2.